The number of hydrogen-bond donors (Lipinski definition) is 1. The summed E-state index contributed by atoms with van der Waals surface area (Å²) in [5.41, 5.74) is 1.24. The third-order valence-corrected chi connectivity index (χ3v) is 5.28. The molecule has 5 heteroatoms. The van der Waals surface area contributed by atoms with Crippen LogP contribution in [-0.2, 0) is 14.2 Å². The Hall–Kier alpha value is -1.01. The Balaban J connectivity index is 1.19. The lowest BCUT2D eigenvalue weighted by Crippen LogP contribution is -2.44. The molecule has 1 aromatic rings. The molecule has 4 nitrogen and oxygen atoms in total. The average Bonchev–Trinajstić information content (AvgIpc) is 2.91. The van der Waals surface area contributed by atoms with E-state index in [1.807, 2.05) is 12.1 Å². The molecule has 1 spiro atoms. The molecular weight excluding hydrogens is 297 g/mol. The Morgan fingerprint density at radius 3 is 2.61 bits per heavy atom. The minimum absolute atomic E-state index is 0.137. The fourth-order valence-electron chi connectivity index (χ4n) is 3.75. The van der Waals surface area contributed by atoms with Crippen molar-refractivity contribution in [3.63, 3.8) is 0 Å². The predicted octanol–water partition coefficient (Wildman–Crippen LogP) is 2.58. The van der Waals surface area contributed by atoms with Crippen molar-refractivity contribution in [3.8, 4) is 0 Å². The lowest BCUT2D eigenvalue weighted by atomic mass is 9.76. The lowest BCUT2D eigenvalue weighted by molar-refractivity contribution is -0.210. The monoisotopic (exact) mass is 321 g/mol. The summed E-state index contributed by atoms with van der Waals surface area (Å²) in [6.07, 6.45) is 4.02. The molecule has 0 unspecified atom stereocenters. The second-order valence-corrected chi connectivity index (χ2v) is 6.90. The van der Waals surface area contributed by atoms with Crippen molar-refractivity contribution in [3.05, 3.63) is 35.6 Å². The molecule has 1 saturated carbocycles. The largest absolute Gasteiger partial charge is 0.381 e. The summed E-state index contributed by atoms with van der Waals surface area (Å²) in [6.45, 7) is 2.95. The second-order valence-electron chi connectivity index (χ2n) is 6.90. The summed E-state index contributed by atoms with van der Waals surface area (Å²) in [4.78, 5) is 0. The first-order valence-electron chi connectivity index (χ1n) is 8.61. The maximum atomic E-state index is 12.9. The average molecular weight is 321 g/mol. The minimum Gasteiger partial charge on any atom is -0.381 e. The summed E-state index contributed by atoms with van der Waals surface area (Å²) in [5, 5.41) is 3.58. The zero-order valence-corrected chi connectivity index (χ0v) is 13.3. The second kappa shape index (κ2) is 6.48. The SMILES string of the molecule is Fc1ccc(C2CC(NC[C@H]3COC4(CCOCC4)O3)C2)cc1. The van der Waals surface area contributed by atoms with Crippen LogP contribution in [0.2, 0.25) is 0 Å². The van der Waals surface area contributed by atoms with Crippen molar-refractivity contribution < 1.29 is 18.6 Å². The zero-order valence-electron chi connectivity index (χ0n) is 13.3. The molecule has 2 heterocycles. The first kappa shape index (κ1) is 15.5. The highest BCUT2D eigenvalue weighted by Crippen LogP contribution is 2.37. The third-order valence-electron chi connectivity index (χ3n) is 5.28. The van der Waals surface area contributed by atoms with Gasteiger partial charge in [-0.15, -0.1) is 0 Å². The van der Waals surface area contributed by atoms with Crippen molar-refractivity contribution in [2.75, 3.05) is 26.4 Å². The van der Waals surface area contributed by atoms with E-state index in [-0.39, 0.29) is 17.7 Å². The number of hydrogen-bond acceptors (Lipinski definition) is 4. The normalized spacial score (nSPS) is 32.8. The Morgan fingerprint density at radius 1 is 1.13 bits per heavy atom. The molecule has 4 rings (SSSR count). The van der Waals surface area contributed by atoms with Crippen LogP contribution in [0.5, 0.6) is 0 Å². The van der Waals surface area contributed by atoms with E-state index in [0.717, 1.165) is 45.4 Å². The van der Waals surface area contributed by atoms with Gasteiger partial charge in [0.05, 0.1) is 25.9 Å². The molecule has 2 saturated heterocycles. The van der Waals surface area contributed by atoms with Gasteiger partial charge >= 0.3 is 0 Å². The number of nitrogens with one attached hydrogen (secondary N) is 1. The summed E-state index contributed by atoms with van der Waals surface area (Å²) in [6, 6.07) is 7.43. The van der Waals surface area contributed by atoms with Gasteiger partial charge in [-0.3, -0.25) is 0 Å². The van der Waals surface area contributed by atoms with Crippen molar-refractivity contribution in [2.45, 2.75) is 49.5 Å². The van der Waals surface area contributed by atoms with Crippen molar-refractivity contribution in [2.24, 2.45) is 0 Å². The van der Waals surface area contributed by atoms with Crippen molar-refractivity contribution >= 4 is 0 Å². The highest BCUT2D eigenvalue weighted by molar-refractivity contribution is 5.23. The van der Waals surface area contributed by atoms with Crippen molar-refractivity contribution in [1.82, 2.24) is 5.32 Å². The fourth-order valence-corrected chi connectivity index (χ4v) is 3.75. The zero-order chi connectivity index (χ0) is 15.7. The van der Waals surface area contributed by atoms with Gasteiger partial charge in [0, 0.05) is 25.4 Å². The van der Waals surface area contributed by atoms with E-state index in [1.54, 1.807) is 12.1 Å². The molecule has 126 valence electrons. The molecule has 0 bridgehead atoms. The number of ether oxygens (including phenoxy) is 3. The van der Waals surface area contributed by atoms with Gasteiger partial charge in [-0.05, 0) is 36.5 Å². The quantitative estimate of drug-likeness (QED) is 0.925. The van der Waals surface area contributed by atoms with Crippen LogP contribution in [0.4, 0.5) is 4.39 Å². The Labute approximate surface area is 136 Å². The molecular formula is C18H24FNO3. The fraction of sp³-hybridized carbons (Fsp3) is 0.667. The van der Waals surface area contributed by atoms with Crippen LogP contribution in [0.1, 0.15) is 37.2 Å². The molecule has 0 amide bonds. The van der Waals surface area contributed by atoms with Gasteiger partial charge in [-0.25, -0.2) is 4.39 Å². The van der Waals surface area contributed by atoms with E-state index >= 15 is 0 Å². The summed E-state index contributed by atoms with van der Waals surface area (Å²) in [5.74, 6) is -0.000210. The Morgan fingerprint density at radius 2 is 1.87 bits per heavy atom. The molecule has 23 heavy (non-hydrogen) atoms. The van der Waals surface area contributed by atoms with E-state index in [1.165, 1.54) is 5.56 Å². The van der Waals surface area contributed by atoms with E-state index in [9.17, 15) is 4.39 Å². The smallest absolute Gasteiger partial charge is 0.173 e. The van der Waals surface area contributed by atoms with Crippen molar-refractivity contribution in [1.29, 1.82) is 0 Å². The molecule has 1 aliphatic carbocycles. The Bertz CT molecular complexity index is 524. The van der Waals surface area contributed by atoms with Crippen LogP contribution in [0.3, 0.4) is 0 Å². The molecule has 3 fully saturated rings. The summed E-state index contributed by atoms with van der Waals surface area (Å²) >= 11 is 0. The Kier molecular flexibility index (Phi) is 4.37. The van der Waals surface area contributed by atoms with Crippen LogP contribution >= 0.6 is 0 Å². The van der Waals surface area contributed by atoms with Gasteiger partial charge in [0.1, 0.15) is 5.82 Å². The first-order valence-corrected chi connectivity index (χ1v) is 8.61. The highest BCUT2D eigenvalue weighted by atomic mass is 19.1. The topological polar surface area (TPSA) is 39.7 Å². The maximum absolute atomic E-state index is 12.9. The van der Waals surface area contributed by atoms with Gasteiger partial charge in [-0.1, -0.05) is 12.1 Å². The first-order chi connectivity index (χ1) is 11.2. The lowest BCUT2D eigenvalue weighted by Gasteiger charge is -2.37. The van der Waals surface area contributed by atoms with E-state index in [2.05, 4.69) is 5.32 Å². The summed E-state index contributed by atoms with van der Waals surface area (Å²) in [7, 11) is 0. The maximum Gasteiger partial charge on any atom is 0.173 e. The summed E-state index contributed by atoms with van der Waals surface area (Å²) < 4.78 is 30.4. The predicted molar refractivity (Wildman–Crippen MR) is 83.8 cm³/mol. The number of benzene rings is 1. The van der Waals surface area contributed by atoms with Crippen LogP contribution in [-0.4, -0.2) is 44.3 Å². The number of rotatable bonds is 4. The molecule has 0 radical (unpaired) electrons. The van der Waals surface area contributed by atoms with Gasteiger partial charge in [0.2, 0.25) is 0 Å². The highest BCUT2D eigenvalue weighted by Gasteiger charge is 2.43. The van der Waals surface area contributed by atoms with E-state index in [0.29, 0.717) is 18.6 Å². The van der Waals surface area contributed by atoms with Gasteiger partial charge in [0.25, 0.3) is 0 Å². The molecule has 2 aliphatic heterocycles. The molecule has 1 atom stereocenters. The van der Waals surface area contributed by atoms with E-state index in [4.69, 9.17) is 14.2 Å². The van der Waals surface area contributed by atoms with Crippen LogP contribution in [0.15, 0.2) is 24.3 Å². The van der Waals surface area contributed by atoms with Crippen LogP contribution in [0, 0.1) is 5.82 Å². The number of halogens is 1. The molecule has 1 aromatic carbocycles. The molecule has 0 aromatic heterocycles. The molecule has 3 aliphatic rings. The van der Waals surface area contributed by atoms with Crippen LogP contribution in [0.25, 0.3) is 0 Å². The van der Waals surface area contributed by atoms with Gasteiger partial charge < -0.3 is 19.5 Å². The van der Waals surface area contributed by atoms with Crippen LogP contribution < -0.4 is 5.32 Å². The molecule has 1 N–H and O–H groups in total. The minimum atomic E-state index is -0.388. The standard InChI is InChI=1S/C18H24FNO3/c19-15-3-1-13(2-4-15)14-9-16(10-14)20-11-17-12-22-18(23-17)5-7-21-8-6-18/h1-4,14,16-17,20H,5-12H2/t14?,16?,17-/m0/s1. The van der Waals surface area contributed by atoms with Gasteiger partial charge in [0.15, 0.2) is 5.79 Å². The van der Waals surface area contributed by atoms with Gasteiger partial charge in [-0.2, -0.15) is 0 Å². The van der Waals surface area contributed by atoms with E-state index < -0.39 is 0 Å². The third kappa shape index (κ3) is 3.43.